The molecule has 0 bridgehead atoms. The number of carbonyl (C=O) groups excluding carboxylic acids is 1. The number of aromatic nitrogens is 1. The summed E-state index contributed by atoms with van der Waals surface area (Å²) in [4.78, 5) is 16.4. The van der Waals surface area contributed by atoms with E-state index < -0.39 is 0 Å². The van der Waals surface area contributed by atoms with Gasteiger partial charge in [-0.15, -0.1) is 7.05 Å². The van der Waals surface area contributed by atoms with E-state index in [0.29, 0.717) is 24.5 Å². The number of nitrogens with zero attached hydrogens (tertiary/aromatic N) is 2. The second-order valence-corrected chi connectivity index (χ2v) is 4.31. The Balaban J connectivity index is 0.00000115. The summed E-state index contributed by atoms with van der Waals surface area (Å²) in [6.45, 7) is 6.16. The van der Waals surface area contributed by atoms with Gasteiger partial charge in [0, 0.05) is 31.4 Å². The number of nitrogens with two attached hydrogens (primary N) is 1. The molecule has 0 spiro atoms. The third-order valence-electron chi connectivity index (χ3n) is 3.06. The molecule has 1 amide bonds. The molecule has 1 atom stereocenters. The van der Waals surface area contributed by atoms with E-state index in [4.69, 9.17) is 5.73 Å². The second-order valence-electron chi connectivity index (χ2n) is 4.31. The van der Waals surface area contributed by atoms with Crippen molar-refractivity contribution < 1.29 is 61.3 Å². The molecule has 1 saturated heterocycles. The van der Waals surface area contributed by atoms with Crippen LogP contribution in [0.2, 0.25) is 0 Å². The predicted octanol–water partition coefficient (Wildman–Crippen LogP) is -1.66. The number of amides is 1. The average molecular weight is 306 g/mol. The van der Waals surface area contributed by atoms with Gasteiger partial charge in [-0.3, -0.25) is 4.90 Å². The molecule has 1 aliphatic heterocycles. The standard InChI is InChI=1S/C11H18N4O2.C2H6.K/c1-13-11(17)10-9(12)7(4-14-10)5-15-3-2-8(16)6-15;1-2;/h4,8,16H,2-3,5-6H2,1H3,(H4,12,13,14,17);1-2H3;/q;;+1/p-1/t8-;;/m0../s1. The summed E-state index contributed by atoms with van der Waals surface area (Å²) in [5, 5.41) is 13.0. The van der Waals surface area contributed by atoms with Gasteiger partial charge in [0.15, 0.2) is 0 Å². The van der Waals surface area contributed by atoms with Crippen LogP contribution in [0, 0.1) is 0 Å². The smallest absolute Gasteiger partial charge is 0.650 e. The average Bonchev–Trinajstić information content (AvgIpc) is 2.99. The fourth-order valence-corrected chi connectivity index (χ4v) is 2.09. The Morgan fingerprint density at radius 1 is 1.60 bits per heavy atom. The first-order valence-electron chi connectivity index (χ1n) is 6.62. The van der Waals surface area contributed by atoms with Crippen molar-refractivity contribution in [3.05, 3.63) is 22.8 Å². The van der Waals surface area contributed by atoms with Crippen molar-refractivity contribution in [2.45, 2.75) is 32.9 Å². The predicted molar refractivity (Wildman–Crippen MR) is 76.1 cm³/mol. The monoisotopic (exact) mass is 306 g/mol. The molecule has 0 saturated carbocycles. The van der Waals surface area contributed by atoms with Crippen molar-refractivity contribution in [1.82, 2.24) is 9.88 Å². The summed E-state index contributed by atoms with van der Waals surface area (Å²) in [6, 6.07) is 0. The zero-order chi connectivity index (χ0) is 14.4. The molecule has 1 aromatic heterocycles. The third kappa shape index (κ3) is 5.14. The molecule has 0 aliphatic carbocycles. The molecule has 2 heterocycles. The summed E-state index contributed by atoms with van der Waals surface area (Å²) in [7, 11) is 1.44. The zero-order valence-electron chi connectivity index (χ0n) is 12.8. The van der Waals surface area contributed by atoms with Crippen molar-refractivity contribution >= 4 is 11.6 Å². The molecule has 7 heteroatoms. The van der Waals surface area contributed by atoms with Gasteiger partial charge in [-0.05, 0) is 6.42 Å². The van der Waals surface area contributed by atoms with Crippen molar-refractivity contribution in [1.29, 1.82) is 0 Å². The number of β-amino-alcohol motifs (C(OH)–C–C–N with tert-alkyl or cyclic N) is 1. The van der Waals surface area contributed by atoms with Crippen LogP contribution in [-0.2, 0) is 6.54 Å². The molecule has 20 heavy (non-hydrogen) atoms. The Hall–Kier alpha value is 0.106. The quantitative estimate of drug-likeness (QED) is 0.582. The maximum atomic E-state index is 11.4. The molecule has 1 fully saturated rings. The topological polar surface area (TPSA) is 96.5 Å². The van der Waals surface area contributed by atoms with Gasteiger partial charge in [-0.25, -0.2) is 0 Å². The number of nitrogen functional groups attached to an aromatic ring is 1. The molecule has 6 nitrogen and oxygen atoms in total. The first-order valence-corrected chi connectivity index (χ1v) is 6.62. The molecule has 1 aliphatic rings. The van der Waals surface area contributed by atoms with Crippen LogP contribution in [0.1, 0.15) is 36.3 Å². The molecule has 1 aromatic rings. The van der Waals surface area contributed by atoms with E-state index in [1.54, 1.807) is 6.20 Å². The zero-order valence-corrected chi connectivity index (χ0v) is 15.9. The van der Waals surface area contributed by atoms with E-state index in [0.717, 1.165) is 18.5 Å². The maximum Gasteiger partial charge on any atom is 1.00 e. The van der Waals surface area contributed by atoms with Crippen molar-refractivity contribution in [3.8, 4) is 0 Å². The molecule has 4 N–H and O–H groups in total. The van der Waals surface area contributed by atoms with Gasteiger partial charge < -0.3 is 25.9 Å². The number of aliphatic hydroxyl groups excluding tert-OH is 1. The van der Waals surface area contributed by atoms with E-state index in [9.17, 15) is 9.90 Å². The summed E-state index contributed by atoms with van der Waals surface area (Å²) >= 11 is 0. The van der Waals surface area contributed by atoms with Crippen LogP contribution in [0.25, 0.3) is 5.32 Å². The SMILES string of the molecule is CC.C[N-]C(=O)c1[nH]cc(CN2CC[C@H](O)C2)c1N.[K+]. The van der Waals surface area contributed by atoms with Crippen molar-refractivity contribution in [2.24, 2.45) is 0 Å². The Bertz CT molecular complexity index is 423. The van der Waals surface area contributed by atoms with Gasteiger partial charge >= 0.3 is 51.4 Å². The van der Waals surface area contributed by atoms with E-state index >= 15 is 0 Å². The number of aromatic amines is 1. The van der Waals surface area contributed by atoms with Crippen LogP contribution >= 0.6 is 0 Å². The van der Waals surface area contributed by atoms with E-state index in [-0.39, 0.29) is 63.4 Å². The Labute approximate surface area is 162 Å². The first-order chi connectivity index (χ1) is 9.11. The minimum Gasteiger partial charge on any atom is -0.650 e. The fraction of sp³-hybridized carbons (Fsp3) is 0.615. The van der Waals surface area contributed by atoms with Crippen LogP contribution in [0.15, 0.2) is 6.20 Å². The minimum absolute atomic E-state index is 0. The molecule has 0 aromatic carbocycles. The number of hydrogen-bond donors (Lipinski definition) is 3. The molecule has 0 radical (unpaired) electrons. The molecule has 2 rings (SSSR count). The minimum atomic E-state index is -0.338. The van der Waals surface area contributed by atoms with Gasteiger partial charge in [0.05, 0.1) is 17.5 Å². The molecular weight excluding hydrogens is 283 g/mol. The third-order valence-corrected chi connectivity index (χ3v) is 3.06. The van der Waals surface area contributed by atoms with Crippen LogP contribution in [-0.4, -0.2) is 47.1 Å². The second kappa shape index (κ2) is 9.94. The van der Waals surface area contributed by atoms with Crippen molar-refractivity contribution in [2.75, 3.05) is 25.9 Å². The van der Waals surface area contributed by atoms with Crippen LogP contribution in [0.3, 0.4) is 0 Å². The van der Waals surface area contributed by atoms with Gasteiger partial charge in [0.2, 0.25) is 0 Å². The molecule has 108 valence electrons. The number of nitrogens with one attached hydrogen (secondary N) is 1. The van der Waals surface area contributed by atoms with Gasteiger partial charge in [-0.1, -0.05) is 13.8 Å². The largest absolute Gasteiger partial charge is 1.00 e. The van der Waals surface area contributed by atoms with Gasteiger partial charge in [0.25, 0.3) is 0 Å². The number of hydrogen-bond acceptors (Lipinski definition) is 4. The first kappa shape index (κ1) is 20.1. The number of anilines is 1. The Kier molecular flexibility index (Phi) is 9.99. The molecular formula is C13H23KN4O2. The maximum absolute atomic E-state index is 11.4. The summed E-state index contributed by atoms with van der Waals surface area (Å²) in [5.74, 6) is -0.338. The van der Waals surface area contributed by atoms with E-state index in [1.807, 2.05) is 13.8 Å². The number of carbonyl (C=O) groups is 1. The number of rotatable bonds is 3. The Morgan fingerprint density at radius 2 is 2.25 bits per heavy atom. The fourth-order valence-electron chi connectivity index (χ4n) is 2.09. The van der Waals surface area contributed by atoms with Crippen molar-refractivity contribution in [3.63, 3.8) is 0 Å². The van der Waals surface area contributed by atoms with Crippen LogP contribution < -0.4 is 57.1 Å². The van der Waals surface area contributed by atoms with E-state index in [2.05, 4.69) is 15.2 Å². The Morgan fingerprint density at radius 3 is 2.75 bits per heavy atom. The normalized spacial score (nSPS) is 17.9. The van der Waals surface area contributed by atoms with Gasteiger partial charge in [0.1, 0.15) is 5.91 Å². The number of H-pyrrole nitrogens is 1. The van der Waals surface area contributed by atoms with E-state index in [1.165, 1.54) is 7.05 Å². The molecule has 0 unspecified atom stereocenters. The van der Waals surface area contributed by atoms with Gasteiger partial charge in [-0.2, -0.15) is 0 Å². The number of aliphatic hydroxyl groups is 1. The van der Waals surface area contributed by atoms with Crippen LogP contribution in [0.4, 0.5) is 5.69 Å². The summed E-state index contributed by atoms with van der Waals surface area (Å²) in [5.41, 5.74) is 7.58. The number of likely N-dealkylation sites (tertiary alicyclic amines) is 1. The summed E-state index contributed by atoms with van der Waals surface area (Å²) in [6.07, 6.45) is 2.28. The van der Waals surface area contributed by atoms with Crippen LogP contribution in [0.5, 0.6) is 0 Å². The summed E-state index contributed by atoms with van der Waals surface area (Å²) < 4.78 is 0.